The van der Waals surface area contributed by atoms with Crippen molar-refractivity contribution in [1.82, 2.24) is 5.32 Å². The van der Waals surface area contributed by atoms with Gasteiger partial charge in [0.25, 0.3) is 0 Å². The molecule has 0 aliphatic heterocycles. The first-order valence-electron chi connectivity index (χ1n) is 7.17. The van der Waals surface area contributed by atoms with Crippen LogP contribution in [-0.4, -0.2) is 18.9 Å². The zero-order valence-corrected chi connectivity index (χ0v) is 12.5. The van der Waals surface area contributed by atoms with Gasteiger partial charge in [0.15, 0.2) is 5.78 Å². The van der Waals surface area contributed by atoms with E-state index < -0.39 is 0 Å². The van der Waals surface area contributed by atoms with Crippen LogP contribution in [0.3, 0.4) is 0 Å². The summed E-state index contributed by atoms with van der Waals surface area (Å²) in [7, 11) is 0. The van der Waals surface area contributed by atoms with Gasteiger partial charge in [0.05, 0.1) is 4.88 Å². The molecule has 1 heterocycles. The first kappa shape index (κ1) is 14.9. The van der Waals surface area contributed by atoms with E-state index in [2.05, 4.69) is 29.6 Å². The van der Waals surface area contributed by atoms with Crippen molar-refractivity contribution in [2.45, 2.75) is 25.7 Å². The molecule has 0 fully saturated rings. The van der Waals surface area contributed by atoms with Crippen molar-refractivity contribution < 1.29 is 4.79 Å². The van der Waals surface area contributed by atoms with E-state index in [4.69, 9.17) is 0 Å². The third-order valence-corrected chi connectivity index (χ3v) is 4.15. The van der Waals surface area contributed by atoms with Gasteiger partial charge < -0.3 is 5.32 Å². The highest BCUT2D eigenvalue weighted by atomic mass is 32.1. The molecule has 0 aliphatic carbocycles. The van der Waals surface area contributed by atoms with E-state index in [0.717, 1.165) is 37.2 Å². The fourth-order valence-electron chi connectivity index (χ4n) is 2.10. The van der Waals surface area contributed by atoms with Crippen LogP contribution in [0.2, 0.25) is 0 Å². The third kappa shape index (κ3) is 5.27. The van der Waals surface area contributed by atoms with Crippen molar-refractivity contribution in [2.75, 3.05) is 13.1 Å². The third-order valence-electron chi connectivity index (χ3n) is 3.24. The minimum atomic E-state index is 0.282. The Kier molecular flexibility index (Phi) is 6.48. The van der Waals surface area contributed by atoms with E-state index in [1.165, 1.54) is 16.9 Å². The molecule has 0 unspecified atom stereocenters. The van der Waals surface area contributed by atoms with Crippen LogP contribution in [-0.2, 0) is 6.42 Å². The molecule has 2 rings (SSSR count). The van der Waals surface area contributed by atoms with Gasteiger partial charge in [-0.15, -0.1) is 11.3 Å². The van der Waals surface area contributed by atoms with Gasteiger partial charge in [0, 0.05) is 6.42 Å². The molecule has 0 aliphatic rings. The number of unbranched alkanes of at least 4 members (excludes halogenated alkanes) is 1. The largest absolute Gasteiger partial charge is 0.316 e. The second kappa shape index (κ2) is 8.67. The van der Waals surface area contributed by atoms with Crippen LogP contribution >= 0.6 is 11.3 Å². The van der Waals surface area contributed by atoms with E-state index in [0.29, 0.717) is 6.42 Å². The van der Waals surface area contributed by atoms with Gasteiger partial charge in [-0.1, -0.05) is 36.4 Å². The average Bonchev–Trinajstić information content (AvgIpc) is 3.01. The summed E-state index contributed by atoms with van der Waals surface area (Å²) in [5.74, 6) is 0.282. The summed E-state index contributed by atoms with van der Waals surface area (Å²) in [6.07, 6.45) is 3.76. The maximum atomic E-state index is 11.8. The lowest BCUT2D eigenvalue weighted by Gasteiger charge is -2.04. The Hall–Kier alpha value is -1.45. The molecule has 3 heteroatoms. The Morgan fingerprint density at radius 1 is 1.00 bits per heavy atom. The lowest BCUT2D eigenvalue weighted by molar-refractivity contribution is 0.0983. The molecule has 2 aromatic rings. The van der Waals surface area contributed by atoms with Crippen LogP contribution in [0.5, 0.6) is 0 Å². The first-order chi connectivity index (χ1) is 9.86. The standard InChI is InChI=1S/C17H21NOS/c19-16(17-10-6-14-20-17)9-4-5-12-18-13-11-15-7-2-1-3-8-15/h1-3,6-8,10,14,18H,4-5,9,11-13H2. The summed E-state index contributed by atoms with van der Waals surface area (Å²) in [5, 5.41) is 5.39. The minimum Gasteiger partial charge on any atom is -0.316 e. The zero-order valence-electron chi connectivity index (χ0n) is 11.7. The summed E-state index contributed by atoms with van der Waals surface area (Å²) >= 11 is 1.54. The monoisotopic (exact) mass is 287 g/mol. The van der Waals surface area contributed by atoms with Crippen molar-refractivity contribution in [3.05, 3.63) is 58.3 Å². The molecule has 0 spiro atoms. The van der Waals surface area contributed by atoms with Crippen molar-refractivity contribution in [3.8, 4) is 0 Å². The summed E-state index contributed by atoms with van der Waals surface area (Å²) in [4.78, 5) is 12.7. The van der Waals surface area contributed by atoms with Crippen molar-refractivity contribution in [2.24, 2.45) is 0 Å². The van der Waals surface area contributed by atoms with E-state index >= 15 is 0 Å². The second-order valence-corrected chi connectivity index (χ2v) is 5.79. The fraction of sp³-hybridized carbons (Fsp3) is 0.353. The minimum absolute atomic E-state index is 0.282. The molecular formula is C17H21NOS. The van der Waals surface area contributed by atoms with Gasteiger partial charge in [0.2, 0.25) is 0 Å². The van der Waals surface area contributed by atoms with Gasteiger partial charge >= 0.3 is 0 Å². The number of carbonyl (C=O) groups excluding carboxylic acids is 1. The SMILES string of the molecule is O=C(CCCCNCCc1ccccc1)c1cccs1. The highest BCUT2D eigenvalue weighted by Crippen LogP contribution is 2.12. The predicted octanol–water partition coefficient (Wildman–Crippen LogP) is 3.93. The Bertz CT molecular complexity index is 493. The second-order valence-electron chi connectivity index (χ2n) is 4.84. The molecule has 0 bridgehead atoms. The number of ketones is 1. The van der Waals surface area contributed by atoms with Gasteiger partial charge in [-0.2, -0.15) is 0 Å². The van der Waals surface area contributed by atoms with E-state index in [9.17, 15) is 4.79 Å². The van der Waals surface area contributed by atoms with Crippen LogP contribution in [0.1, 0.15) is 34.5 Å². The molecule has 0 saturated heterocycles. The average molecular weight is 287 g/mol. The summed E-state index contributed by atoms with van der Waals surface area (Å²) in [6, 6.07) is 14.3. The number of hydrogen-bond acceptors (Lipinski definition) is 3. The molecule has 2 nitrogen and oxygen atoms in total. The van der Waals surface area contributed by atoms with Crippen LogP contribution in [0.4, 0.5) is 0 Å². The number of rotatable bonds is 9. The highest BCUT2D eigenvalue weighted by Gasteiger charge is 2.05. The number of nitrogens with one attached hydrogen (secondary N) is 1. The number of Topliss-reactive ketones (excluding diaryl/α,β-unsaturated/α-hetero) is 1. The molecule has 106 valence electrons. The molecule has 0 saturated carbocycles. The van der Waals surface area contributed by atoms with Gasteiger partial charge in [-0.25, -0.2) is 0 Å². The fourth-order valence-corrected chi connectivity index (χ4v) is 2.79. The Balaban J connectivity index is 1.49. The van der Waals surface area contributed by atoms with Crippen LogP contribution in [0, 0.1) is 0 Å². The smallest absolute Gasteiger partial charge is 0.172 e. The summed E-state index contributed by atoms with van der Waals surface area (Å²) < 4.78 is 0. The predicted molar refractivity (Wildman–Crippen MR) is 85.5 cm³/mol. The van der Waals surface area contributed by atoms with Crippen molar-refractivity contribution in [3.63, 3.8) is 0 Å². The molecule has 20 heavy (non-hydrogen) atoms. The molecule has 1 aromatic carbocycles. The quantitative estimate of drug-likeness (QED) is 0.559. The highest BCUT2D eigenvalue weighted by molar-refractivity contribution is 7.12. The van der Waals surface area contributed by atoms with Crippen molar-refractivity contribution >= 4 is 17.1 Å². The van der Waals surface area contributed by atoms with Crippen LogP contribution in [0.15, 0.2) is 47.8 Å². The first-order valence-corrected chi connectivity index (χ1v) is 8.05. The lowest BCUT2D eigenvalue weighted by Crippen LogP contribution is -2.18. The van der Waals surface area contributed by atoms with Gasteiger partial charge in [-0.3, -0.25) is 4.79 Å². The normalized spacial score (nSPS) is 10.6. The van der Waals surface area contributed by atoms with E-state index in [-0.39, 0.29) is 5.78 Å². The molecule has 0 amide bonds. The molecule has 1 aromatic heterocycles. The maximum absolute atomic E-state index is 11.8. The van der Waals surface area contributed by atoms with Gasteiger partial charge in [-0.05, 0) is 49.4 Å². The van der Waals surface area contributed by atoms with Crippen molar-refractivity contribution in [1.29, 1.82) is 0 Å². The van der Waals surface area contributed by atoms with Gasteiger partial charge in [0.1, 0.15) is 0 Å². The number of thiophene rings is 1. The summed E-state index contributed by atoms with van der Waals surface area (Å²) in [5.41, 5.74) is 1.37. The zero-order chi connectivity index (χ0) is 14.0. The molecule has 0 radical (unpaired) electrons. The number of benzene rings is 1. The Morgan fingerprint density at radius 2 is 1.85 bits per heavy atom. The Morgan fingerprint density at radius 3 is 2.60 bits per heavy atom. The number of hydrogen-bond donors (Lipinski definition) is 1. The van der Waals surface area contributed by atoms with E-state index in [1.807, 2.05) is 23.6 Å². The molecule has 0 atom stereocenters. The van der Waals surface area contributed by atoms with Crippen LogP contribution in [0.25, 0.3) is 0 Å². The Labute approximate surface area is 124 Å². The number of carbonyl (C=O) groups is 1. The van der Waals surface area contributed by atoms with Crippen LogP contribution < -0.4 is 5.32 Å². The molecule has 1 N–H and O–H groups in total. The maximum Gasteiger partial charge on any atom is 0.172 e. The van der Waals surface area contributed by atoms with E-state index in [1.54, 1.807) is 0 Å². The lowest BCUT2D eigenvalue weighted by atomic mass is 10.1. The topological polar surface area (TPSA) is 29.1 Å². The summed E-state index contributed by atoms with van der Waals surface area (Å²) in [6.45, 7) is 1.99. The molecular weight excluding hydrogens is 266 g/mol.